The van der Waals surface area contributed by atoms with Crippen LogP contribution in [0, 0.1) is 11.3 Å². The number of aromatic nitrogens is 2. The number of nitrogens with one attached hydrogen (secondary N) is 2. The molecule has 2 amide bonds. The van der Waals surface area contributed by atoms with Gasteiger partial charge in [-0.3, -0.25) is 4.90 Å². The van der Waals surface area contributed by atoms with Gasteiger partial charge in [-0.15, -0.1) is 0 Å². The third kappa shape index (κ3) is 5.25. The second kappa shape index (κ2) is 11.3. The van der Waals surface area contributed by atoms with Crippen LogP contribution in [-0.2, 0) is 7.05 Å². The maximum Gasteiger partial charge on any atom is 0.321 e. The fraction of sp³-hybridized carbons (Fsp3) is 0.258. The second-order valence-electron chi connectivity index (χ2n) is 10.4. The fourth-order valence-corrected chi connectivity index (χ4v) is 6.03. The van der Waals surface area contributed by atoms with Crippen molar-refractivity contribution in [3.05, 3.63) is 112 Å². The van der Waals surface area contributed by atoms with Gasteiger partial charge in [0.05, 0.1) is 41.9 Å². The molecule has 0 spiro atoms. The number of amides is 2. The van der Waals surface area contributed by atoms with Gasteiger partial charge in [-0.05, 0) is 70.9 Å². The number of benzene rings is 2. The zero-order valence-corrected chi connectivity index (χ0v) is 23.3. The van der Waals surface area contributed by atoms with Gasteiger partial charge in [0, 0.05) is 43.9 Å². The first-order chi connectivity index (χ1) is 19.9. The maximum absolute atomic E-state index is 13.0. The minimum atomic E-state index is -0.895. The van der Waals surface area contributed by atoms with E-state index in [-0.39, 0.29) is 18.1 Å². The summed E-state index contributed by atoms with van der Waals surface area (Å²) in [5.41, 5.74) is 5.68. The molecule has 3 aromatic rings. The summed E-state index contributed by atoms with van der Waals surface area (Å²) in [6.45, 7) is 2.45. The fourth-order valence-electron chi connectivity index (χ4n) is 5.86. The van der Waals surface area contributed by atoms with Crippen LogP contribution in [0.25, 0.3) is 5.57 Å². The first-order valence-corrected chi connectivity index (χ1v) is 13.9. The van der Waals surface area contributed by atoms with E-state index in [0.29, 0.717) is 48.1 Å². The van der Waals surface area contributed by atoms with Gasteiger partial charge in [-0.2, -0.15) is 5.26 Å². The minimum absolute atomic E-state index is 0.0600. The number of rotatable bonds is 4. The minimum Gasteiger partial charge on any atom is -0.382 e. The number of piperazine rings is 1. The van der Waals surface area contributed by atoms with Crippen LogP contribution in [0.2, 0.25) is 5.02 Å². The molecule has 3 heterocycles. The van der Waals surface area contributed by atoms with E-state index < -0.39 is 6.10 Å². The molecule has 1 saturated heterocycles. The van der Waals surface area contributed by atoms with E-state index in [1.54, 1.807) is 36.8 Å². The lowest BCUT2D eigenvalue weighted by Gasteiger charge is -2.43. The number of dihydropyridines is 1. The number of fused-ring (bicyclic) bond motifs is 2. The lowest BCUT2D eigenvalue weighted by Crippen LogP contribution is -2.54. The molecule has 208 valence electrons. The Balaban J connectivity index is 1.28. The van der Waals surface area contributed by atoms with Crippen molar-refractivity contribution in [2.24, 2.45) is 7.05 Å². The van der Waals surface area contributed by atoms with Gasteiger partial charge >= 0.3 is 6.03 Å². The first kappa shape index (κ1) is 26.8. The number of allylic oxidation sites excluding steroid dienone is 2. The van der Waals surface area contributed by atoms with Crippen molar-refractivity contribution in [1.29, 1.82) is 5.26 Å². The van der Waals surface area contributed by atoms with Crippen molar-refractivity contribution in [2.75, 3.05) is 31.5 Å². The van der Waals surface area contributed by atoms with Gasteiger partial charge in [0.15, 0.2) is 0 Å². The van der Waals surface area contributed by atoms with Crippen LogP contribution in [0.15, 0.2) is 85.0 Å². The number of aliphatic hydroxyl groups is 1. The van der Waals surface area contributed by atoms with Crippen molar-refractivity contribution < 1.29 is 9.90 Å². The van der Waals surface area contributed by atoms with E-state index in [9.17, 15) is 9.90 Å². The second-order valence-corrected chi connectivity index (χ2v) is 10.9. The topological polar surface area (TPSA) is 109 Å². The van der Waals surface area contributed by atoms with E-state index in [2.05, 4.69) is 44.8 Å². The Labute approximate surface area is 243 Å². The number of nitriles is 1. The van der Waals surface area contributed by atoms with Gasteiger partial charge in [0.2, 0.25) is 0 Å². The highest BCUT2D eigenvalue weighted by Crippen LogP contribution is 2.44. The van der Waals surface area contributed by atoms with Gasteiger partial charge < -0.3 is 25.2 Å². The van der Waals surface area contributed by atoms with Gasteiger partial charge in [0.25, 0.3) is 0 Å². The SMILES string of the molecule is Cn1cncc1C(O)C1=CC2=CC=CNC2[C@@H](N2CCN(C(=O)Nc3ccc(C#N)cc3)CC2)c2ccc(Cl)cc21. The van der Waals surface area contributed by atoms with Gasteiger partial charge in [-0.25, -0.2) is 9.78 Å². The Hall–Kier alpha value is -4.36. The molecule has 41 heavy (non-hydrogen) atoms. The number of carbonyl (C=O) groups excluding carboxylic acids is 1. The quantitative estimate of drug-likeness (QED) is 0.432. The van der Waals surface area contributed by atoms with Crippen LogP contribution in [0.3, 0.4) is 0 Å². The summed E-state index contributed by atoms with van der Waals surface area (Å²) in [5, 5.41) is 27.7. The molecule has 1 fully saturated rings. The van der Waals surface area contributed by atoms with Crippen LogP contribution >= 0.6 is 11.6 Å². The van der Waals surface area contributed by atoms with Crippen LogP contribution in [0.1, 0.15) is 34.5 Å². The number of aliphatic hydroxyl groups excluding tert-OH is 1. The lowest BCUT2D eigenvalue weighted by molar-refractivity contribution is 0.102. The van der Waals surface area contributed by atoms with Crippen molar-refractivity contribution in [2.45, 2.75) is 18.2 Å². The Morgan fingerprint density at radius 3 is 2.68 bits per heavy atom. The highest BCUT2D eigenvalue weighted by Gasteiger charge is 2.38. The number of urea groups is 1. The molecule has 6 rings (SSSR count). The van der Waals surface area contributed by atoms with Crippen molar-refractivity contribution >= 4 is 28.9 Å². The number of anilines is 1. The predicted octanol–water partition coefficient (Wildman–Crippen LogP) is 4.38. The zero-order valence-electron chi connectivity index (χ0n) is 22.5. The third-order valence-electron chi connectivity index (χ3n) is 7.99. The normalized spacial score (nSPS) is 20.9. The van der Waals surface area contributed by atoms with Crippen LogP contribution in [0.5, 0.6) is 0 Å². The summed E-state index contributed by atoms with van der Waals surface area (Å²) in [4.78, 5) is 21.5. The van der Waals surface area contributed by atoms with Crippen LogP contribution < -0.4 is 10.6 Å². The summed E-state index contributed by atoms with van der Waals surface area (Å²) in [6.07, 6.45) is 10.5. The van der Waals surface area contributed by atoms with Crippen LogP contribution in [-0.4, -0.2) is 62.7 Å². The van der Waals surface area contributed by atoms with Crippen molar-refractivity contribution in [3.63, 3.8) is 0 Å². The molecule has 0 saturated carbocycles. The molecule has 3 N–H and O–H groups in total. The average molecular weight is 568 g/mol. The molecule has 3 atom stereocenters. The van der Waals surface area contributed by atoms with Gasteiger partial charge in [0.1, 0.15) is 6.10 Å². The van der Waals surface area contributed by atoms with Crippen molar-refractivity contribution in [3.8, 4) is 6.07 Å². The van der Waals surface area contributed by atoms with E-state index in [1.807, 2.05) is 40.9 Å². The summed E-state index contributed by atoms with van der Waals surface area (Å²) >= 11 is 6.53. The standard InChI is InChI=1S/C31H30ClN7O2/c1-37-19-34-18-27(37)30(40)26-15-21-3-2-10-35-28(21)29(24-9-6-22(32)16-25(24)26)38-11-13-39(14-12-38)31(41)36-23-7-4-20(17-33)5-8-23/h2-10,15-16,18-19,28-30,35,40H,11-14H2,1H3,(H,36,41)/t28?,29-,30?/m0/s1. The summed E-state index contributed by atoms with van der Waals surface area (Å²) in [6, 6.07) is 14.5. The first-order valence-electron chi connectivity index (χ1n) is 13.5. The molecular formula is C31H30ClN7O2. The van der Waals surface area contributed by atoms with Gasteiger partial charge in [-0.1, -0.05) is 29.8 Å². The Morgan fingerprint density at radius 1 is 1.20 bits per heavy atom. The van der Waals surface area contributed by atoms with E-state index >= 15 is 0 Å². The van der Waals surface area contributed by atoms with Crippen molar-refractivity contribution in [1.82, 2.24) is 24.7 Å². The summed E-state index contributed by atoms with van der Waals surface area (Å²) < 4.78 is 1.82. The Kier molecular flexibility index (Phi) is 7.37. The Bertz CT molecular complexity index is 1590. The van der Waals surface area contributed by atoms with E-state index in [1.165, 1.54) is 0 Å². The highest BCUT2D eigenvalue weighted by atomic mass is 35.5. The molecular weight excluding hydrogens is 538 g/mol. The average Bonchev–Trinajstić information content (AvgIpc) is 3.37. The highest BCUT2D eigenvalue weighted by molar-refractivity contribution is 6.30. The number of nitrogens with zero attached hydrogens (tertiary/aromatic N) is 5. The van der Waals surface area contributed by atoms with Crippen LogP contribution in [0.4, 0.5) is 10.5 Å². The molecule has 9 nitrogen and oxygen atoms in total. The molecule has 2 aromatic carbocycles. The predicted molar refractivity (Wildman–Crippen MR) is 158 cm³/mol. The Morgan fingerprint density at radius 2 is 1.98 bits per heavy atom. The number of halogens is 1. The smallest absolute Gasteiger partial charge is 0.321 e. The largest absolute Gasteiger partial charge is 0.382 e. The number of carbonyl (C=O) groups is 1. The maximum atomic E-state index is 13.0. The molecule has 3 aliphatic rings. The monoisotopic (exact) mass is 567 g/mol. The third-order valence-corrected chi connectivity index (χ3v) is 8.23. The summed E-state index contributed by atoms with van der Waals surface area (Å²) in [5.74, 6) is 0. The molecule has 1 aromatic heterocycles. The number of imidazole rings is 1. The zero-order chi connectivity index (χ0) is 28.5. The molecule has 0 radical (unpaired) electrons. The summed E-state index contributed by atoms with van der Waals surface area (Å²) in [7, 11) is 1.87. The number of aryl methyl sites for hydroxylation is 1. The molecule has 2 unspecified atom stereocenters. The molecule has 2 aliphatic heterocycles. The van der Waals surface area contributed by atoms with E-state index in [0.717, 1.165) is 22.3 Å². The number of hydrogen-bond acceptors (Lipinski definition) is 6. The molecule has 1 aliphatic carbocycles. The molecule has 10 heteroatoms. The number of hydrogen-bond donors (Lipinski definition) is 3. The lowest BCUT2D eigenvalue weighted by atomic mass is 9.89. The molecule has 0 bridgehead atoms. The van der Waals surface area contributed by atoms with E-state index in [4.69, 9.17) is 16.9 Å².